The molecule has 0 saturated heterocycles. The number of hydrogen-bond acceptors (Lipinski definition) is 3. The number of halogens is 3. The van der Waals surface area contributed by atoms with E-state index in [1.165, 1.54) is 12.1 Å². The van der Waals surface area contributed by atoms with Crippen molar-refractivity contribution in [1.29, 1.82) is 10.5 Å². The van der Waals surface area contributed by atoms with Gasteiger partial charge in [0.05, 0.1) is 12.2 Å². The summed E-state index contributed by atoms with van der Waals surface area (Å²) in [5, 5.41) is 17.1. The summed E-state index contributed by atoms with van der Waals surface area (Å²) in [6.07, 6.45) is 0.808. The average molecular weight is 252 g/mol. The normalized spacial score (nSPS) is 9.22. The van der Waals surface area contributed by atoms with Gasteiger partial charge in [-0.1, -0.05) is 0 Å². The van der Waals surface area contributed by atoms with Gasteiger partial charge in [0.25, 0.3) is 0 Å². The monoisotopic (exact) mass is 252 g/mol. The van der Waals surface area contributed by atoms with Gasteiger partial charge in [-0.05, 0) is 13.0 Å². The minimum atomic E-state index is -1.68. The van der Waals surface area contributed by atoms with Crippen molar-refractivity contribution in [3.05, 3.63) is 34.7 Å². The van der Waals surface area contributed by atoms with Crippen LogP contribution in [0.15, 0.2) is 11.6 Å². The molecular formula is C12H7F3N2O. The van der Waals surface area contributed by atoms with Gasteiger partial charge in [-0.25, -0.2) is 13.2 Å². The lowest BCUT2D eigenvalue weighted by Crippen LogP contribution is -2.01. The maximum atomic E-state index is 13.5. The number of benzene rings is 1. The van der Waals surface area contributed by atoms with E-state index < -0.39 is 28.6 Å². The molecule has 0 unspecified atom stereocenters. The third-order valence-electron chi connectivity index (χ3n) is 1.99. The summed E-state index contributed by atoms with van der Waals surface area (Å²) >= 11 is 0. The van der Waals surface area contributed by atoms with Crippen LogP contribution >= 0.6 is 0 Å². The minimum absolute atomic E-state index is 0.0970. The first-order valence-corrected chi connectivity index (χ1v) is 4.87. The summed E-state index contributed by atoms with van der Waals surface area (Å²) in [5.41, 5.74) is -0.908. The number of ether oxygens (including phenoxy) is 1. The van der Waals surface area contributed by atoms with E-state index in [4.69, 9.17) is 15.3 Å². The van der Waals surface area contributed by atoms with Crippen LogP contribution in [0.4, 0.5) is 13.2 Å². The SMILES string of the molecule is CCOc1cc(F)c(F)c(F)c1C=C(C#N)C#N. The zero-order valence-electron chi connectivity index (χ0n) is 9.30. The fourth-order valence-corrected chi connectivity index (χ4v) is 1.23. The number of hydrogen-bond donors (Lipinski definition) is 0. The molecule has 0 aliphatic carbocycles. The lowest BCUT2D eigenvalue weighted by Gasteiger charge is -2.09. The van der Waals surface area contributed by atoms with Crippen molar-refractivity contribution in [3.63, 3.8) is 0 Å². The summed E-state index contributed by atoms with van der Waals surface area (Å²) in [6.45, 7) is 1.67. The number of allylic oxidation sites excluding steroid dienone is 1. The van der Waals surface area contributed by atoms with Crippen molar-refractivity contribution in [2.45, 2.75) is 6.92 Å². The van der Waals surface area contributed by atoms with E-state index in [1.807, 2.05) is 0 Å². The summed E-state index contributed by atoms with van der Waals surface area (Å²) in [6, 6.07) is 3.65. The molecule has 1 aromatic carbocycles. The van der Waals surface area contributed by atoms with Crippen molar-refractivity contribution < 1.29 is 17.9 Å². The average Bonchev–Trinajstić information content (AvgIpc) is 2.36. The van der Waals surface area contributed by atoms with Gasteiger partial charge in [-0.2, -0.15) is 10.5 Å². The van der Waals surface area contributed by atoms with Crippen LogP contribution in [0.5, 0.6) is 5.75 Å². The van der Waals surface area contributed by atoms with Gasteiger partial charge in [-0.3, -0.25) is 0 Å². The van der Waals surface area contributed by atoms with Gasteiger partial charge in [0.1, 0.15) is 23.5 Å². The third kappa shape index (κ3) is 2.61. The van der Waals surface area contributed by atoms with Crippen LogP contribution in [0, 0.1) is 40.1 Å². The van der Waals surface area contributed by atoms with Gasteiger partial charge in [0, 0.05) is 6.07 Å². The molecule has 0 aromatic heterocycles. The first-order valence-electron chi connectivity index (χ1n) is 4.87. The first-order chi connectivity index (χ1) is 8.54. The molecule has 0 atom stereocenters. The minimum Gasteiger partial charge on any atom is -0.493 e. The molecule has 0 aliphatic heterocycles. The molecule has 0 aliphatic rings. The highest BCUT2D eigenvalue weighted by Gasteiger charge is 2.18. The van der Waals surface area contributed by atoms with Gasteiger partial charge in [0.15, 0.2) is 17.5 Å². The maximum Gasteiger partial charge on any atom is 0.195 e. The quantitative estimate of drug-likeness (QED) is 0.613. The molecule has 1 rings (SSSR count). The summed E-state index contributed by atoms with van der Waals surface area (Å²) < 4.78 is 44.5. The fourth-order valence-electron chi connectivity index (χ4n) is 1.23. The van der Waals surface area contributed by atoms with Crippen LogP contribution in [0.2, 0.25) is 0 Å². The number of rotatable bonds is 3. The van der Waals surface area contributed by atoms with E-state index in [2.05, 4.69) is 0 Å². The smallest absolute Gasteiger partial charge is 0.195 e. The van der Waals surface area contributed by atoms with Crippen LogP contribution in [0.1, 0.15) is 12.5 Å². The van der Waals surface area contributed by atoms with Crippen LogP contribution in [0.25, 0.3) is 6.08 Å². The van der Waals surface area contributed by atoms with Crippen LogP contribution in [-0.4, -0.2) is 6.61 Å². The molecule has 0 fully saturated rings. The molecule has 0 radical (unpaired) electrons. The highest BCUT2D eigenvalue weighted by Crippen LogP contribution is 2.28. The number of nitrogens with zero attached hydrogens (tertiary/aromatic N) is 2. The molecule has 0 heterocycles. The Morgan fingerprint density at radius 3 is 2.39 bits per heavy atom. The first kappa shape index (κ1) is 13.6. The predicted octanol–water partition coefficient (Wildman–Crippen LogP) is 2.93. The Kier molecular flexibility index (Phi) is 4.33. The van der Waals surface area contributed by atoms with Crippen LogP contribution in [-0.2, 0) is 0 Å². The second kappa shape index (κ2) is 5.74. The Balaban J connectivity index is 3.51. The van der Waals surface area contributed by atoms with Gasteiger partial charge in [0.2, 0.25) is 0 Å². The molecular weight excluding hydrogens is 245 g/mol. The molecule has 1 aromatic rings. The molecule has 3 nitrogen and oxygen atoms in total. The fraction of sp³-hybridized carbons (Fsp3) is 0.167. The largest absolute Gasteiger partial charge is 0.493 e. The Bertz CT molecular complexity index is 566. The predicted molar refractivity (Wildman–Crippen MR) is 56.7 cm³/mol. The Labute approximate surface area is 101 Å². The second-order valence-electron chi connectivity index (χ2n) is 3.11. The summed E-state index contributed by atoms with van der Waals surface area (Å²) in [4.78, 5) is 0. The van der Waals surface area contributed by atoms with Crippen molar-refractivity contribution in [1.82, 2.24) is 0 Å². The third-order valence-corrected chi connectivity index (χ3v) is 1.99. The van der Waals surface area contributed by atoms with Crippen molar-refractivity contribution in [3.8, 4) is 17.9 Å². The van der Waals surface area contributed by atoms with Gasteiger partial charge >= 0.3 is 0 Å². The Hall–Kier alpha value is -2.47. The highest BCUT2D eigenvalue weighted by atomic mass is 19.2. The molecule has 92 valence electrons. The maximum absolute atomic E-state index is 13.5. The van der Waals surface area contributed by atoms with E-state index in [0.29, 0.717) is 6.07 Å². The number of nitriles is 2. The van der Waals surface area contributed by atoms with Crippen molar-refractivity contribution in [2.24, 2.45) is 0 Å². The Morgan fingerprint density at radius 2 is 1.89 bits per heavy atom. The van der Waals surface area contributed by atoms with E-state index in [1.54, 1.807) is 6.92 Å². The summed E-state index contributed by atoms with van der Waals surface area (Å²) in [7, 11) is 0. The highest BCUT2D eigenvalue weighted by molar-refractivity contribution is 5.66. The lowest BCUT2D eigenvalue weighted by atomic mass is 10.1. The molecule has 0 spiro atoms. The van der Waals surface area contributed by atoms with E-state index in [0.717, 1.165) is 6.08 Å². The molecule has 0 saturated carbocycles. The van der Waals surface area contributed by atoms with E-state index in [-0.39, 0.29) is 12.4 Å². The molecule has 6 heteroatoms. The zero-order valence-corrected chi connectivity index (χ0v) is 9.30. The second-order valence-corrected chi connectivity index (χ2v) is 3.11. The zero-order chi connectivity index (χ0) is 13.7. The molecule has 0 amide bonds. The lowest BCUT2D eigenvalue weighted by molar-refractivity contribution is 0.330. The van der Waals surface area contributed by atoms with Crippen LogP contribution < -0.4 is 4.74 Å². The van der Waals surface area contributed by atoms with Gasteiger partial charge in [-0.15, -0.1) is 0 Å². The molecule has 0 bridgehead atoms. The van der Waals surface area contributed by atoms with Gasteiger partial charge < -0.3 is 4.74 Å². The standard InChI is InChI=1S/C12H7F3N2O/c1-2-18-10-4-9(13)12(15)11(14)8(10)3-7(5-16)6-17/h3-4H,2H2,1H3. The topological polar surface area (TPSA) is 56.8 Å². The molecule has 18 heavy (non-hydrogen) atoms. The Morgan fingerprint density at radius 1 is 1.28 bits per heavy atom. The van der Waals surface area contributed by atoms with E-state index >= 15 is 0 Å². The van der Waals surface area contributed by atoms with Crippen molar-refractivity contribution >= 4 is 6.08 Å². The molecule has 0 N–H and O–H groups in total. The van der Waals surface area contributed by atoms with Crippen molar-refractivity contribution in [2.75, 3.05) is 6.61 Å². The summed E-state index contributed by atoms with van der Waals surface area (Å²) in [5.74, 6) is -4.85. The van der Waals surface area contributed by atoms with Crippen LogP contribution in [0.3, 0.4) is 0 Å². The van der Waals surface area contributed by atoms with E-state index in [9.17, 15) is 13.2 Å².